The van der Waals surface area contributed by atoms with Crippen LogP contribution in [0.3, 0.4) is 0 Å². The molecule has 0 aliphatic carbocycles. The van der Waals surface area contributed by atoms with Gasteiger partial charge in [0.2, 0.25) is 0 Å². The van der Waals surface area contributed by atoms with Crippen molar-refractivity contribution in [2.45, 2.75) is 18.7 Å². The third kappa shape index (κ3) is 3.87. The number of hydrogen-bond acceptors (Lipinski definition) is 2. The smallest absolute Gasteiger partial charge is 0.309 e. The molecular weight excluding hydrogens is 276 g/mol. The Morgan fingerprint density at radius 1 is 1.53 bits per heavy atom. The normalized spacial score (nSPS) is 11.4. The first-order chi connectivity index (χ1) is 6.92. The van der Waals surface area contributed by atoms with Gasteiger partial charge in [-0.3, -0.25) is 4.79 Å². The molecule has 1 N–H and O–H groups in total. The van der Waals surface area contributed by atoms with Gasteiger partial charge in [0.25, 0.3) is 0 Å². The van der Waals surface area contributed by atoms with Crippen LogP contribution in [0.1, 0.15) is 13.8 Å². The Morgan fingerprint density at radius 3 is 2.73 bits per heavy atom. The highest BCUT2D eigenvalue weighted by Crippen LogP contribution is 2.29. The summed E-state index contributed by atoms with van der Waals surface area (Å²) >= 11 is 4.94. The van der Waals surface area contributed by atoms with Crippen LogP contribution < -0.4 is 0 Å². The predicted molar refractivity (Wildman–Crippen MR) is 66.3 cm³/mol. The van der Waals surface area contributed by atoms with Gasteiger partial charge >= 0.3 is 5.97 Å². The van der Waals surface area contributed by atoms with Crippen molar-refractivity contribution in [2.24, 2.45) is 5.41 Å². The molecule has 0 spiro atoms. The zero-order valence-electron chi connectivity index (χ0n) is 8.66. The van der Waals surface area contributed by atoms with Crippen LogP contribution in [0.15, 0.2) is 33.6 Å². The lowest BCUT2D eigenvalue weighted by molar-refractivity contribution is -0.145. The van der Waals surface area contributed by atoms with E-state index in [1.54, 1.807) is 25.6 Å². The minimum absolute atomic E-state index is 0.568. The van der Waals surface area contributed by atoms with Crippen molar-refractivity contribution in [3.05, 3.63) is 28.7 Å². The number of carboxylic acid groups (broad SMARTS) is 1. The molecule has 0 fully saturated rings. The highest BCUT2D eigenvalue weighted by atomic mass is 79.9. The zero-order valence-corrected chi connectivity index (χ0v) is 11.1. The number of rotatable bonds is 4. The number of thioether (sulfide) groups is 1. The van der Waals surface area contributed by atoms with E-state index in [2.05, 4.69) is 15.9 Å². The van der Waals surface area contributed by atoms with Crippen molar-refractivity contribution in [3.63, 3.8) is 0 Å². The van der Waals surface area contributed by atoms with Gasteiger partial charge in [0.15, 0.2) is 0 Å². The standard InChI is InChI=1S/C11H13BrO2S/c1-11(2,10(13)14)7-15-9-5-3-4-8(12)6-9/h3-6H,7H2,1-2H3,(H,13,14). The van der Waals surface area contributed by atoms with Gasteiger partial charge in [-0.1, -0.05) is 22.0 Å². The average Bonchev–Trinajstić information content (AvgIpc) is 2.15. The van der Waals surface area contributed by atoms with Crippen LogP contribution in [0.5, 0.6) is 0 Å². The second kappa shape index (κ2) is 5.03. The maximum Gasteiger partial charge on any atom is 0.309 e. The van der Waals surface area contributed by atoms with Crippen LogP contribution in [0, 0.1) is 5.41 Å². The number of carboxylic acids is 1. The molecule has 82 valence electrons. The second-order valence-electron chi connectivity index (χ2n) is 3.94. The molecule has 0 saturated carbocycles. The summed E-state index contributed by atoms with van der Waals surface area (Å²) in [6, 6.07) is 7.86. The van der Waals surface area contributed by atoms with Crippen LogP contribution >= 0.6 is 27.7 Å². The minimum atomic E-state index is -0.759. The van der Waals surface area contributed by atoms with Crippen LogP contribution in [0.25, 0.3) is 0 Å². The van der Waals surface area contributed by atoms with Crippen LogP contribution in [-0.2, 0) is 4.79 Å². The van der Waals surface area contributed by atoms with Gasteiger partial charge in [0.05, 0.1) is 5.41 Å². The monoisotopic (exact) mass is 288 g/mol. The molecule has 0 aromatic heterocycles. The summed E-state index contributed by atoms with van der Waals surface area (Å²) in [7, 11) is 0. The third-order valence-corrected chi connectivity index (χ3v) is 3.92. The average molecular weight is 289 g/mol. The van der Waals surface area contributed by atoms with E-state index < -0.39 is 11.4 Å². The zero-order chi connectivity index (χ0) is 11.5. The number of aliphatic carboxylic acids is 1. The molecule has 4 heteroatoms. The second-order valence-corrected chi connectivity index (χ2v) is 5.90. The Balaban J connectivity index is 2.61. The fraction of sp³-hybridized carbons (Fsp3) is 0.364. The van der Waals surface area contributed by atoms with Gasteiger partial charge in [-0.2, -0.15) is 0 Å². The third-order valence-electron chi connectivity index (χ3n) is 1.97. The molecule has 0 radical (unpaired) electrons. The Kier molecular flexibility index (Phi) is 4.22. The van der Waals surface area contributed by atoms with Gasteiger partial charge in [-0.15, -0.1) is 11.8 Å². The fourth-order valence-electron chi connectivity index (χ4n) is 0.882. The van der Waals surface area contributed by atoms with Gasteiger partial charge < -0.3 is 5.11 Å². The summed E-state index contributed by atoms with van der Waals surface area (Å²) in [4.78, 5) is 12.0. The molecule has 15 heavy (non-hydrogen) atoms. The topological polar surface area (TPSA) is 37.3 Å². The molecule has 0 saturated heterocycles. The molecule has 0 heterocycles. The van der Waals surface area contributed by atoms with E-state index in [1.807, 2.05) is 24.3 Å². The van der Waals surface area contributed by atoms with E-state index >= 15 is 0 Å². The molecular formula is C11H13BrO2S. The first kappa shape index (κ1) is 12.6. The van der Waals surface area contributed by atoms with Crippen molar-refractivity contribution in [2.75, 3.05) is 5.75 Å². The van der Waals surface area contributed by atoms with Crippen LogP contribution in [0.2, 0.25) is 0 Å². The maximum absolute atomic E-state index is 10.9. The van der Waals surface area contributed by atoms with Crippen molar-refractivity contribution < 1.29 is 9.90 Å². The molecule has 0 bridgehead atoms. The van der Waals surface area contributed by atoms with Crippen molar-refractivity contribution in [3.8, 4) is 0 Å². The molecule has 0 unspecified atom stereocenters. The molecule has 0 atom stereocenters. The van der Waals surface area contributed by atoms with Gasteiger partial charge in [0.1, 0.15) is 0 Å². The van der Waals surface area contributed by atoms with Crippen LogP contribution in [0.4, 0.5) is 0 Å². The summed E-state index contributed by atoms with van der Waals surface area (Å²) in [5.41, 5.74) is -0.688. The van der Waals surface area contributed by atoms with E-state index in [4.69, 9.17) is 5.11 Å². The lowest BCUT2D eigenvalue weighted by Gasteiger charge is -2.18. The van der Waals surface area contributed by atoms with E-state index in [1.165, 1.54) is 0 Å². The summed E-state index contributed by atoms with van der Waals surface area (Å²) in [6.45, 7) is 3.47. The molecule has 0 amide bonds. The highest BCUT2D eigenvalue weighted by molar-refractivity contribution is 9.10. The van der Waals surface area contributed by atoms with Gasteiger partial charge in [-0.05, 0) is 32.0 Å². The molecule has 1 aromatic carbocycles. The Morgan fingerprint density at radius 2 is 2.20 bits per heavy atom. The Labute approximate surface area is 102 Å². The number of benzene rings is 1. The van der Waals surface area contributed by atoms with Crippen LogP contribution in [-0.4, -0.2) is 16.8 Å². The summed E-state index contributed by atoms with van der Waals surface area (Å²) in [5, 5.41) is 8.95. The largest absolute Gasteiger partial charge is 0.481 e. The van der Waals surface area contributed by atoms with Gasteiger partial charge in [-0.25, -0.2) is 0 Å². The number of hydrogen-bond donors (Lipinski definition) is 1. The van der Waals surface area contributed by atoms with Crippen molar-refractivity contribution in [1.82, 2.24) is 0 Å². The highest BCUT2D eigenvalue weighted by Gasteiger charge is 2.26. The minimum Gasteiger partial charge on any atom is -0.481 e. The van der Waals surface area contributed by atoms with E-state index in [0.29, 0.717) is 5.75 Å². The Hall–Kier alpha value is -0.480. The lowest BCUT2D eigenvalue weighted by Crippen LogP contribution is -2.26. The molecule has 0 aliphatic heterocycles. The SMILES string of the molecule is CC(C)(CSc1cccc(Br)c1)C(=O)O. The molecule has 0 aliphatic rings. The van der Waals surface area contributed by atoms with E-state index in [9.17, 15) is 4.79 Å². The van der Waals surface area contributed by atoms with E-state index in [0.717, 1.165) is 9.37 Å². The first-order valence-corrected chi connectivity index (χ1v) is 6.31. The molecule has 1 rings (SSSR count). The quantitative estimate of drug-likeness (QED) is 0.860. The molecule has 1 aromatic rings. The fourth-order valence-corrected chi connectivity index (χ4v) is 2.47. The summed E-state index contributed by atoms with van der Waals surface area (Å²) in [6.07, 6.45) is 0. The lowest BCUT2D eigenvalue weighted by atomic mass is 9.97. The molecule has 2 nitrogen and oxygen atoms in total. The van der Waals surface area contributed by atoms with Gasteiger partial charge in [0, 0.05) is 15.1 Å². The maximum atomic E-state index is 10.9. The summed E-state index contributed by atoms with van der Waals surface area (Å²) in [5.74, 6) is -0.191. The van der Waals surface area contributed by atoms with E-state index in [-0.39, 0.29) is 0 Å². The number of halogens is 1. The Bertz CT molecular complexity index is 363. The predicted octanol–water partition coefficient (Wildman–Crippen LogP) is 3.65. The first-order valence-electron chi connectivity index (χ1n) is 4.53. The van der Waals surface area contributed by atoms with Crippen molar-refractivity contribution in [1.29, 1.82) is 0 Å². The summed E-state index contributed by atoms with van der Waals surface area (Å²) < 4.78 is 1.01. The van der Waals surface area contributed by atoms with Crippen molar-refractivity contribution >= 4 is 33.7 Å². The number of carbonyl (C=O) groups is 1.